The van der Waals surface area contributed by atoms with Gasteiger partial charge in [-0.1, -0.05) is 26.0 Å². The topological polar surface area (TPSA) is 40.7 Å². The first-order valence-corrected chi connectivity index (χ1v) is 9.22. The number of aromatic nitrogens is 2. The summed E-state index contributed by atoms with van der Waals surface area (Å²) in [4.78, 5) is 0. The molecule has 0 atom stereocenters. The summed E-state index contributed by atoms with van der Waals surface area (Å²) in [6, 6.07) is 8.23. The lowest BCUT2D eigenvalue weighted by atomic mass is 10.2. The summed E-state index contributed by atoms with van der Waals surface area (Å²) < 4.78 is 1.37. The molecule has 0 bridgehead atoms. The molecule has 2 N–H and O–H groups in total. The maximum Gasteiger partial charge on any atom is 0.0670 e. The van der Waals surface area contributed by atoms with Gasteiger partial charge < -0.3 is 5.32 Å². The zero-order valence-corrected chi connectivity index (χ0v) is 16.9. The first kappa shape index (κ1) is 22.5. The molecule has 1 aromatic carbocycles. The molecule has 0 aliphatic carbocycles. The van der Waals surface area contributed by atoms with Crippen LogP contribution in [0.4, 0.5) is 5.69 Å². The van der Waals surface area contributed by atoms with Crippen molar-refractivity contribution in [2.24, 2.45) is 0 Å². The normalized spacial score (nSPS) is 10.4. The number of benzene rings is 1. The van der Waals surface area contributed by atoms with E-state index in [9.17, 15) is 0 Å². The SMILES string of the molecule is C#CC.C/C=c1/ccs/c1=C/C.CC.CNc1ccc2cn[nH]c2c1. The van der Waals surface area contributed by atoms with Crippen LogP contribution in [0.15, 0.2) is 35.8 Å². The molecule has 0 saturated carbocycles. The Morgan fingerprint density at radius 2 is 1.88 bits per heavy atom. The molecule has 3 nitrogen and oxygen atoms in total. The Labute approximate surface area is 155 Å². The lowest BCUT2D eigenvalue weighted by Gasteiger charge is -1.97. The number of fused-ring (bicyclic) bond motifs is 1. The van der Waals surface area contributed by atoms with Crippen LogP contribution in [0.2, 0.25) is 0 Å². The fraction of sp³-hybridized carbons (Fsp3) is 0.286. The molecule has 3 rings (SSSR count). The molecular formula is C21H29N3S. The lowest BCUT2D eigenvalue weighted by Crippen LogP contribution is -2.15. The second kappa shape index (κ2) is 13.9. The fourth-order valence-corrected chi connectivity index (χ4v) is 2.72. The van der Waals surface area contributed by atoms with Crippen molar-refractivity contribution < 1.29 is 0 Å². The summed E-state index contributed by atoms with van der Waals surface area (Å²) >= 11 is 1.79. The third-order valence-electron chi connectivity index (χ3n) is 3.03. The number of aromatic amines is 1. The molecule has 0 aliphatic rings. The zero-order valence-electron chi connectivity index (χ0n) is 16.1. The second-order valence-electron chi connectivity index (χ2n) is 4.53. The minimum absolute atomic E-state index is 1.07. The highest BCUT2D eigenvalue weighted by Crippen LogP contribution is 2.15. The van der Waals surface area contributed by atoms with Gasteiger partial charge in [0.25, 0.3) is 0 Å². The molecule has 25 heavy (non-hydrogen) atoms. The van der Waals surface area contributed by atoms with Gasteiger partial charge in [0.15, 0.2) is 0 Å². The Kier molecular flexibility index (Phi) is 12.5. The molecule has 134 valence electrons. The first-order chi connectivity index (χ1) is 12.2. The first-order valence-electron chi connectivity index (χ1n) is 8.34. The van der Waals surface area contributed by atoms with Crippen LogP contribution in [0, 0.1) is 12.3 Å². The number of hydrogen-bond donors (Lipinski definition) is 2. The molecule has 4 heteroatoms. The highest BCUT2D eigenvalue weighted by atomic mass is 32.1. The summed E-state index contributed by atoms with van der Waals surface area (Å²) in [6.07, 6.45) is 10.7. The van der Waals surface area contributed by atoms with Crippen molar-refractivity contribution in [3.63, 3.8) is 0 Å². The maximum atomic E-state index is 4.60. The van der Waals surface area contributed by atoms with Gasteiger partial charge in [-0.05, 0) is 55.6 Å². The molecule has 2 aromatic heterocycles. The third-order valence-corrected chi connectivity index (χ3v) is 4.03. The van der Waals surface area contributed by atoms with E-state index in [1.54, 1.807) is 18.3 Å². The van der Waals surface area contributed by atoms with Crippen LogP contribution >= 0.6 is 11.3 Å². The quantitative estimate of drug-likeness (QED) is 0.625. The summed E-state index contributed by atoms with van der Waals surface area (Å²) in [7, 11) is 1.90. The Morgan fingerprint density at radius 3 is 2.40 bits per heavy atom. The van der Waals surface area contributed by atoms with Crippen molar-refractivity contribution in [3.8, 4) is 12.3 Å². The zero-order chi connectivity index (χ0) is 19.1. The second-order valence-corrected chi connectivity index (χ2v) is 5.48. The van der Waals surface area contributed by atoms with Crippen LogP contribution in [0.1, 0.15) is 34.6 Å². The van der Waals surface area contributed by atoms with Crippen LogP contribution in [0.25, 0.3) is 23.1 Å². The lowest BCUT2D eigenvalue weighted by molar-refractivity contribution is 1.12. The monoisotopic (exact) mass is 355 g/mol. The number of nitrogens with one attached hydrogen (secondary N) is 2. The highest BCUT2D eigenvalue weighted by Gasteiger charge is 1.94. The van der Waals surface area contributed by atoms with Crippen LogP contribution in [-0.4, -0.2) is 17.2 Å². The molecule has 0 aliphatic heterocycles. The molecule has 0 saturated heterocycles. The van der Waals surface area contributed by atoms with Crippen molar-refractivity contribution in [2.75, 3.05) is 12.4 Å². The highest BCUT2D eigenvalue weighted by molar-refractivity contribution is 7.07. The molecule has 3 aromatic rings. The fourth-order valence-electron chi connectivity index (χ4n) is 1.90. The number of thiophene rings is 1. The van der Waals surface area contributed by atoms with Gasteiger partial charge in [0.2, 0.25) is 0 Å². The van der Waals surface area contributed by atoms with Gasteiger partial charge in [0.1, 0.15) is 0 Å². The predicted octanol–water partition coefficient (Wildman–Crippen LogP) is 4.62. The van der Waals surface area contributed by atoms with Gasteiger partial charge in [0, 0.05) is 22.7 Å². The van der Waals surface area contributed by atoms with E-state index in [1.165, 1.54) is 9.75 Å². The van der Waals surface area contributed by atoms with E-state index >= 15 is 0 Å². The van der Waals surface area contributed by atoms with Crippen molar-refractivity contribution in [1.29, 1.82) is 0 Å². The van der Waals surface area contributed by atoms with Gasteiger partial charge in [0.05, 0.1) is 11.7 Å². The smallest absolute Gasteiger partial charge is 0.0670 e. The van der Waals surface area contributed by atoms with Crippen LogP contribution in [0.3, 0.4) is 0 Å². The van der Waals surface area contributed by atoms with E-state index in [0.29, 0.717) is 0 Å². The Hall–Kier alpha value is -2.51. The Morgan fingerprint density at radius 1 is 1.20 bits per heavy atom. The van der Waals surface area contributed by atoms with E-state index in [1.807, 2.05) is 45.3 Å². The van der Waals surface area contributed by atoms with Gasteiger partial charge >= 0.3 is 0 Å². The molecule has 2 heterocycles. The number of anilines is 1. The number of nitrogens with zero attached hydrogens (tertiary/aromatic N) is 1. The van der Waals surface area contributed by atoms with Crippen molar-refractivity contribution in [3.05, 3.63) is 45.6 Å². The third kappa shape index (κ3) is 7.73. The standard InChI is InChI=1S/C8H9N3.C8H10S.C3H4.C2H6/c1-9-7-3-2-6-5-10-11-8(6)4-7;1-3-7-5-6-9-8(7)4-2;1-3-2;1-2/h2-5,9H,1H3,(H,10,11);3-6H,1-2H3;1H,2H3;1-2H3/b;7-3-,8-4+;;. The van der Waals surface area contributed by atoms with Crippen LogP contribution in [-0.2, 0) is 0 Å². The molecule has 0 amide bonds. The maximum absolute atomic E-state index is 4.60. The van der Waals surface area contributed by atoms with E-state index in [2.05, 4.69) is 65.3 Å². The predicted molar refractivity (Wildman–Crippen MR) is 115 cm³/mol. The molecule has 0 unspecified atom stereocenters. The van der Waals surface area contributed by atoms with E-state index < -0.39 is 0 Å². The van der Waals surface area contributed by atoms with Crippen molar-refractivity contribution >= 4 is 40.1 Å². The number of rotatable bonds is 1. The summed E-state index contributed by atoms with van der Waals surface area (Å²) in [5.41, 5.74) is 2.17. The minimum Gasteiger partial charge on any atom is -0.388 e. The Balaban J connectivity index is 0.000000373. The van der Waals surface area contributed by atoms with Gasteiger partial charge in [-0.2, -0.15) is 5.10 Å². The largest absolute Gasteiger partial charge is 0.388 e. The van der Waals surface area contributed by atoms with Crippen molar-refractivity contribution in [1.82, 2.24) is 10.2 Å². The summed E-state index contributed by atoms with van der Waals surface area (Å²) in [5.74, 6) is 2.25. The van der Waals surface area contributed by atoms with E-state index in [0.717, 1.165) is 16.6 Å². The number of hydrogen-bond acceptors (Lipinski definition) is 3. The van der Waals surface area contributed by atoms with E-state index in [-0.39, 0.29) is 0 Å². The summed E-state index contributed by atoms with van der Waals surface area (Å²) in [5, 5.41) is 14.5. The average molecular weight is 356 g/mol. The molecule has 0 fully saturated rings. The average Bonchev–Trinajstić information content (AvgIpc) is 3.32. The van der Waals surface area contributed by atoms with Gasteiger partial charge in [-0.25, -0.2) is 0 Å². The molecule has 0 spiro atoms. The number of H-pyrrole nitrogens is 1. The summed E-state index contributed by atoms with van der Waals surface area (Å²) in [6.45, 7) is 9.79. The van der Waals surface area contributed by atoms with Crippen LogP contribution in [0.5, 0.6) is 0 Å². The van der Waals surface area contributed by atoms with Crippen molar-refractivity contribution in [2.45, 2.75) is 34.6 Å². The molecule has 0 radical (unpaired) electrons. The minimum atomic E-state index is 1.07. The Bertz CT molecular complexity index is 838. The van der Waals surface area contributed by atoms with Gasteiger partial charge in [-0.3, -0.25) is 5.10 Å². The number of terminal acetylenes is 1. The molecular weight excluding hydrogens is 326 g/mol. The van der Waals surface area contributed by atoms with E-state index in [4.69, 9.17) is 0 Å². The van der Waals surface area contributed by atoms with Gasteiger partial charge in [-0.15, -0.1) is 23.7 Å². The van der Waals surface area contributed by atoms with Crippen LogP contribution < -0.4 is 15.1 Å².